The Morgan fingerprint density at radius 1 is 0.636 bits per heavy atom. The lowest BCUT2D eigenvalue weighted by molar-refractivity contribution is -0.145. The minimum Gasteiger partial charge on any atom is -0.267 e. The van der Waals surface area contributed by atoms with Gasteiger partial charge in [0.2, 0.25) is 0 Å². The predicted octanol–water partition coefficient (Wildman–Crippen LogP) is 5.18. The molecule has 10 heteroatoms. The van der Waals surface area contributed by atoms with E-state index in [9.17, 15) is 35.9 Å². The largest absolute Gasteiger partial charge is 0.416 e. The first-order valence-corrected chi connectivity index (χ1v) is 10.2. The van der Waals surface area contributed by atoms with Gasteiger partial charge in [-0.25, -0.2) is 10.0 Å². The number of benzene rings is 2. The van der Waals surface area contributed by atoms with E-state index in [2.05, 4.69) is 0 Å². The third kappa shape index (κ3) is 3.39. The molecule has 1 heterocycles. The number of rotatable bonds is 2. The molecular formula is C23H16F6N2O2. The summed E-state index contributed by atoms with van der Waals surface area (Å²) in [6.45, 7) is 0. The van der Waals surface area contributed by atoms with Crippen LogP contribution in [0.3, 0.4) is 0 Å². The Morgan fingerprint density at radius 2 is 0.970 bits per heavy atom. The van der Waals surface area contributed by atoms with Crippen LogP contribution in [-0.2, 0) is 12.4 Å². The quantitative estimate of drug-likeness (QED) is 0.452. The van der Waals surface area contributed by atoms with E-state index >= 15 is 0 Å². The average Bonchev–Trinajstić information content (AvgIpc) is 3.31. The zero-order chi connectivity index (χ0) is 23.7. The number of hydrogen-bond acceptors (Lipinski definition) is 2. The van der Waals surface area contributed by atoms with Crippen LogP contribution in [0.5, 0.6) is 0 Å². The summed E-state index contributed by atoms with van der Waals surface area (Å²) in [7, 11) is 0. The molecular weight excluding hydrogens is 450 g/mol. The van der Waals surface area contributed by atoms with Gasteiger partial charge in [-0.3, -0.25) is 9.59 Å². The Labute approximate surface area is 184 Å². The predicted molar refractivity (Wildman–Crippen MR) is 104 cm³/mol. The van der Waals surface area contributed by atoms with Gasteiger partial charge in [-0.1, -0.05) is 12.2 Å². The molecule has 2 fully saturated rings. The van der Waals surface area contributed by atoms with E-state index in [1.165, 1.54) is 10.0 Å². The van der Waals surface area contributed by atoms with Gasteiger partial charge in [-0.05, 0) is 55.0 Å². The van der Waals surface area contributed by atoms with Crippen molar-refractivity contribution in [1.82, 2.24) is 10.0 Å². The third-order valence-electron chi connectivity index (χ3n) is 6.51. The van der Waals surface area contributed by atoms with Crippen molar-refractivity contribution in [3.8, 4) is 0 Å². The molecule has 0 unspecified atom stereocenters. The number of hydrazine groups is 1. The molecule has 0 radical (unpaired) electrons. The molecule has 2 bridgehead atoms. The van der Waals surface area contributed by atoms with Crippen LogP contribution in [0.15, 0.2) is 60.7 Å². The molecule has 1 saturated carbocycles. The van der Waals surface area contributed by atoms with Gasteiger partial charge in [0.15, 0.2) is 0 Å². The van der Waals surface area contributed by atoms with Crippen LogP contribution in [0.2, 0.25) is 0 Å². The van der Waals surface area contributed by atoms with Gasteiger partial charge in [-0.15, -0.1) is 0 Å². The van der Waals surface area contributed by atoms with Crippen molar-refractivity contribution in [1.29, 1.82) is 0 Å². The fourth-order valence-corrected chi connectivity index (χ4v) is 4.97. The van der Waals surface area contributed by atoms with Gasteiger partial charge in [-0.2, -0.15) is 26.3 Å². The molecule has 2 aromatic carbocycles. The summed E-state index contributed by atoms with van der Waals surface area (Å²) in [6, 6.07) is 6.78. The van der Waals surface area contributed by atoms with Crippen LogP contribution >= 0.6 is 0 Å². The van der Waals surface area contributed by atoms with E-state index < -0.39 is 35.3 Å². The first-order chi connectivity index (χ1) is 15.5. The fourth-order valence-electron chi connectivity index (χ4n) is 4.97. The molecule has 3 aliphatic rings. The zero-order valence-electron chi connectivity index (χ0n) is 16.8. The standard InChI is InChI=1S/C23H16F6N2O2/c24-22(25,26)16-7-3-12(4-8-16)20(32)30-18-14-1-2-15(11-14)19(18)31(30)21(33)13-5-9-17(10-6-13)23(27,28)29/h1-10,14-15,18-19H,11H2/t14-,15+,18+,19-. The molecule has 0 N–H and O–H groups in total. The lowest BCUT2D eigenvalue weighted by Crippen LogP contribution is -2.75. The highest BCUT2D eigenvalue weighted by Crippen LogP contribution is 2.52. The van der Waals surface area contributed by atoms with Crippen LogP contribution in [0.1, 0.15) is 38.3 Å². The molecule has 5 rings (SSSR count). The summed E-state index contributed by atoms with van der Waals surface area (Å²) in [6.07, 6.45) is -4.46. The Hall–Kier alpha value is -3.30. The van der Waals surface area contributed by atoms with Gasteiger partial charge in [0, 0.05) is 23.0 Å². The monoisotopic (exact) mass is 466 g/mol. The van der Waals surface area contributed by atoms with Gasteiger partial charge >= 0.3 is 12.4 Å². The number of amides is 2. The molecule has 33 heavy (non-hydrogen) atoms. The van der Waals surface area contributed by atoms with E-state index in [4.69, 9.17) is 0 Å². The van der Waals surface area contributed by atoms with E-state index in [1.54, 1.807) is 0 Å². The van der Waals surface area contributed by atoms with Crippen LogP contribution in [0, 0.1) is 11.8 Å². The summed E-state index contributed by atoms with van der Waals surface area (Å²) in [5.74, 6) is -1.25. The van der Waals surface area contributed by atoms with Crippen molar-refractivity contribution in [3.05, 3.63) is 82.9 Å². The van der Waals surface area contributed by atoms with Crippen molar-refractivity contribution in [2.24, 2.45) is 11.8 Å². The second-order valence-electron chi connectivity index (χ2n) is 8.38. The topological polar surface area (TPSA) is 40.6 Å². The Morgan fingerprint density at radius 3 is 1.27 bits per heavy atom. The van der Waals surface area contributed by atoms with Crippen molar-refractivity contribution >= 4 is 11.8 Å². The summed E-state index contributed by atoms with van der Waals surface area (Å²) in [5.41, 5.74) is -1.83. The van der Waals surface area contributed by atoms with Crippen molar-refractivity contribution in [3.63, 3.8) is 0 Å². The van der Waals surface area contributed by atoms with E-state index in [0.29, 0.717) is 0 Å². The minimum atomic E-state index is -4.55. The highest BCUT2D eigenvalue weighted by Gasteiger charge is 2.63. The number of carbonyl (C=O) groups is 2. The average molecular weight is 466 g/mol. The summed E-state index contributed by atoms with van der Waals surface area (Å²) < 4.78 is 77.2. The number of carbonyl (C=O) groups excluding carboxylic acids is 2. The van der Waals surface area contributed by atoms with Gasteiger partial charge in [0.25, 0.3) is 11.8 Å². The minimum absolute atomic E-state index is 0.00931. The highest BCUT2D eigenvalue weighted by molar-refractivity contribution is 6.01. The SMILES string of the molecule is O=C(c1ccc(C(F)(F)F)cc1)N1[C@@H]2[C@@H]([C@H]3C=C[C@@H]2C3)N1C(=O)c1ccc(C(F)(F)F)cc1. The molecule has 2 amide bonds. The summed E-state index contributed by atoms with van der Waals surface area (Å²) >= 11 is 0. The maximum absolute atomic E-state index is 13.2. The number of nitrogens with zero attached hydrogens (tertiary/aromatic N) is 2. The number of halogens is 6. The van der Waals surface area contributed by atoms with Gasteiger partial charge in [0.05, 0.1) is 23.2 Å². The van der Waals surface area contributed by atoms with Crippen LogP contribution in [-0.4, -0.2) is 33.9 Å². The maximum atomic E-state index is 13.2. The Kier molecular flexibility index (Phi) is 4.63. The number of alkyl halides is 6. The molecule has 4 atom stereocenters. The second kappa shape index (κ2) is 7.10. The number of fused-ring (bicyclic) bond motifs is 5. The Bertz CT molecular complexity index is 1050. The molecule has 4 nitrogen and oxygen atoms in total. The molecule has 0 aromatic heterocycles. The van der Waals surface area contributed by atoms with E-state index in [0.717, 1.165) is 55.0 Å². The summed E-state index contributed by atoms with van der Waals surface area (Å²) in [5, 5.41) is 2.48. The molecule has 0 spiro atoms. The maximum Gasteiger partial charge on any atom is 0.416 e. The van der Waals surface area contributed by atoms with E-state index in [-0.39, 0.29) is 35.0 Å². The van der Waals surface area contributed by atoms with E-state index in [1.807, 2.05) is 12.2 Å². The Balaban J connectivity index is 1.45. The summed E-state index contributed by atoms with van der Waals surface area (Å²) in [4.78, 5) is 26.4. The van der Waals surface area contributed by atoms with Crippen molar-refractivity contribution in [2.45, 2.75) is 30.9 Å². The lowest BCUT2D eigenvalue weighted by Gasteiger charge is -2.57. The molecule has 2 aromatic rings. The van der Waals surface area contributed by atoms with Crippen LogP contribution < -0.4 is 0 Å². The number of hydrogen-bond donors (Lipinski definition) is 0. The smallest absolute Gasteiger partial charge is 0.267 e. The fraction of sp³-hybridized carbons (Fsp3) is 0.304. The normalized spacial score (nSPS) is 25.8. The lowest BCUT2D eigenvalue weighted by atomic mass is 9.88. The van der Waals surface area contributed by atoms with Gasteiger partial charge in [0.1, 0.15) is 0 Å². The zero-order valence-corrected chi connectivity index (χ0v) is 16.8. The van der Waals surface area contributed by atoms with Crippen molar-refractivity contribution in [2.75, 3.05) is 0 Å². The van der Waals surface area contributed by atoms with Crippen molar-refractivity contribution < 1.29 is 35.9 Å². The molecule has 1 aliphatic heterocycles. The molecule has 2 aliphatic carbocycles. The molecule has 172 valence electrons. The molecule has 1 saturated heterocycles. The van der Waals surface area contributed by atoms with Crippen LogP contribution in [0.4, 0.5) is 26.3 Å². The third-order valence-corrected chi connectivity index (χ3v) is 6.51. The second-order valence-corrected chi connectivity index (χ2v) is 8.38. The highest BCUT2D eigenvalue weighted by atomic mass is 19.4. The van der Waals surface area contributed by atoms with Crippen LogP contribution in [0.25, 0.3) is 0 Å². The van der Waals surface area contributed by atoms with Gasteiger partial charge < -0.3 is 0 Å². The first-order valence-electron chi connectivity index (χ1n) is 10.2. The first kappa shape index (κ1) is 21.5.